The van der Waals surface area contributed by atoms with Crippen molar-refractivity contribution in [3.05, 3.63) is 70.8 Å². The molecule has 0 unspecified atom stereocenters. The zero-order valence-electron chi connectivity index (χ0n) is 16.7. The van der Waals surface area contributed by atoms with Gasteiger partial charge in [-0.25, -0.2) is 0 Å². The second-order valence-corrected chi connectivity index (χ2v) is 7.87. The second kappa shape index (κ2) is 9.67. The predicted octanol–water partition coefficient (Wildman–Crippen LogP) is -0.0543. The van der Waals surface area contributed by atoms with Gasteiger partial charge < -0.3 is 15.1 Å². The van der Waals surface area contributed by atoms with E-state index in [1.807, 2.05) is 0 Å². The summed E-state index contributed by atoms with van der Waals surface area (Å²) in [5.41, 5.74) is 5.37. The lowest BCUT2D eigenvalue weighted by molar-refractivity contribution is -1.02. The molecule has 4 nitrogen and oxygen atoms in total. The molecule has 1 heterocycles. The van der Waals surface area contributed by atoms with E-state index < -0.39 is 0 Å². The molecule has 2 aromatic rings. The summed E-state index contributed by atoms with van der Waals surface area (Å²) in [6.07, 6.45) is 0.905. The van der Waals surface area contributed by atoms with Gasteiger partial charge in [0.1, 0.15) is 32.7 Å². The number of aryl methyl sites for hydroxylation is 2. The highest BCUT2D eigenvalue weighted by molar-refractivity contribution is 5.76. The van der Waals surface area contributed by atoms with Crippen molar-refractivity contribution in [3.63, 3.8) is 0 Å². The van der Waals surface area contributed by atoms with E-state index in [0.29, 0.717) is 6.54 Å². The van der Waals surface area contributed by atoms with Gasteiger partial charge in [-0.2, -0.15) is 0 Å². The summed E-state index contributed by atoms with van der Waals surface area (Å²) >= 11 is 0. The molecule has 0 bridgehead atoms. The Morgan fingerprint density at radius 3 is 2.44 bits per heavy atom. The number of benzene rings is 2. The highest BCUT2D eigenvalue weighted by Gasteiger charge is 2.24. The van der Waals surface area contributed by atoms with E-state index in [1.54, 1.807) is 4.90 Å². The normalized spacial score (nSPS) is 19.6. The third-order valence-electron chi connectivity index (χ3n) is 5.59. The van der Waals surface area contributed by atoms with E-state index in [9.17, 15) is 4.79 Å². The Kier molecular flexibility index (Phi) is 7.02. The fourth-order valence-corrected chi connectivity index (χ4v) is 3.94. The maximum absolute atomic E-state index is 12.3. The van der Waals surface area contributed by atoms with Crippen molar-refractivity contribution in [2.24, 2.45) is 0 Å². The molecule has 0 aliphatic carbocycles. The number of carbonyl (C=O) groups is 1. The summed E-state index contributed by atoms with van der Waals surface area (Å²) < 4.78 is 0. The highest BCUT2D eigenvalue weighted by Crippen LogP contribution is 2.06. The van der Waals surface area contributed by atoms with E-state index in [1.165, 1.54) is 27.2 Å². The topological polar surface area (TPSA) is 38.0 Å². The monoisotopic (exact) mass is 367 g/mol. The molecule has 1 aliphatic heterocycles. The van der Waals surface area contributed by atoms with Gasteiger partial charge >= 0.3 is 0 Å². The first-order valence-electron chi connectivity index (χ1n) is 10.1. The van der Waals surface area contributed by atoms with E-state index in [0.717, 1.165) is 45.7 Å². The third kappa shape index (κ3) is 6.19. The lowest BCUT2D eigenvalue weighted by atomic mass is 10.1. The fourth-order valence-electron chi connectivity index (χ4n) is 3.94. The van der Waals surface area contributed by atoms with Gasteiger partial charge in [0, 0.05) is 12.1 Å². The molecule has 3 N–H and O–H groups in total. The Morgan fingerprint density at radius 2 is 1.70 bits per heavy atom. The summed E-state index contributed by atoms with van der Waals surface area (Å²) in [4.78, 5) is 15.3. The number of quaternary nitrogens is 2. The average molecular weight is 368 g/mol. The highest BCUT2D eigenvalue weighted by atomic mass is 16.2. The summed E-state index contributed by atoms with van der Waals surface area (Å²) in [5, 5.41) is 3.10. The molecule has 1 amide bonds. The SMILES string of the molecule is Cc1cccc(C[NH+]2CC[NH+](CC(=O)NCCc3ccccc3C)CC2)c1. The second-order valence-electron chi connectivity index (χ2n) is 7.87. The summed E-state index contributed by atoms with van der Waals surface area (Å²) in [6.45, 7) is 11.1. The number of hydrogen-bond donors (Lipinski definition) is 3. The van der Waals surface area contributed by atoms with Gasteiger partial charge in [0.25, 0.3) is 5.91 Å². The minimum Gasteiger partial charge on any atom is -0.351 e. The van der Waals surface area contributed by atoms with Crippen molar-refractivity contribution in [1.29, 1.82) is 0 Å². The molecule has 27 heavy (non-hydrogen) atoms. The van der Waals surface area contributed by atoms with E-state index >= 15 is 0 Å². The van der Waals surface area contributed by atoms with Crippen LogP contribution in [0.15, 0.2) is 48.5 Å². The van der Waals surface area contributed by atoms with Gasteiger partial charge in [-0.15, -0.1) is 0 Å². The molecule has 0 atom stereocenters. The van der Waals surface area contributed by atoms with E-state index in [4.69, 9.17) is 0 Å². The molecule has 0 saturated carbocycles. The van der Waals surface area contributed by atoms with Crippen LogP contribution in [0.3, 0.4) is 0 Å². The number of amides is 1. The van der Waals surface area contributed by atoms with Gasteiger partial charge in [-0.05, 0) is 31.4 Å². The average Bonchev–Trinajstić information content (AvgIpc) is 2.65. The Labute approximate surface area is 163 Å². The van der Waals surface area contributed by atoms with Crippen LogP contribution < -0.4 is 15.1 Å². The molecular weight excluding hydrogens is 334 g/mol. The van der Waals surface area contributed by atoms with Crippen LogP contribution in [0.5, 0.6) is 0 Å². The van der Waals surface area contributed by atoms with E-state index in [2.05, 4.69) is 67.7 Å². The third-order valence-corrected chi connectivity index (χ3v) is 5.59. The van der Waals surface area contributed by atoms with Crippen molar-refractivity contribution in [3.8, 4) is 0 Å². The van der Waals surface area contributed by atoms with Crippen LogP contribution in [-0.2, 0) is 17.8 Å². The molecular formula is C23H33N3O+2. The first-order valence-corrected chi connectivity index (χ1v) is 10.1. The van der Waals surface area contributed by atoms with Gasteiger partial charge in [-0.1, -0.05) is 54.1 Å². The predicted molar refractivity (Wildman–Crippen MR) is 109 cm³/mol. The summed E-state index contributed by atoms with van der Waals surface area (Å²) in [7, 11) is 0. The van der Waals surface area contributed by atoms with Crippen LogP contribution in [-0.4, -0.2) is 45.2 Å². The van der Waals surface area contributed by atoms with Crippen LogP contribution in [0.1, 0.15) is 22.3 Å². The van der Waals surface area contributed by atoms with Crippen LogP contribution in [0.4, 0.5) is 0 Å². The maximum atomic E-state index is 12.3. The molecule has 3 rings (SSSR count). The molecule has 0 spiro atoms. The Hall–Kier alpha value is -2.17. The van der Waals surface area contributed by atoms with Crippen LogP contribution in [0.25, 0.3) is 0 Å². The quantitative estimate of drug-likeness (QED) is 0.631. The standard InChI is InChI=1S/C23H31N3O/c1-19-6-5-8-21(16-19)17-25-12-14-26(15-13-25)18-23(27)24-11-10-22-9-4-3-7-20(22)2/h3-9,16H,10-15,17-18H2,1-2H3,(H,24,27)/p+2. The van der Waals surface area contributed by atoms with Crippen molar-refractivity contribution in [2.75, 3.05) is 39.3 Å². The zero-order valence-corrected chi connectivity index (χ0v) is 16.7. The van der Waals surface area contributed by atoms with Crippen molar-refractivity contribution in [2.45, 2.75) is 26.8 Å². The first-order chi connectivity index (χ1) is 13.1. The summed E-state index contributed by atoms with van der Waals surface area (Å²) in [6, 6.07) is 17.2. The zero-order chi connectivity index (χ0) is 19.1. The Bertz CT molecular complexity index is 751. The minimum atomic E-state index is 0.181. The molecule has 1 aliphatic rings. The Morgan fingerprint density at radius 1 is 0.963 bits per heavy atom. The molecule has 0 radical (unpaired) electrons. The number of rotatable bonds is 7. The van der Waals surface area contributed by atoms with Crippen LogP contribution in [0.2, 0.25) is 0 Å². The fraction of sp³-hybridized carbons (Fsp3) is 0.435. The minimum absolute atomic E-state index is 0.181. The lowest BCUT2D eigenvalue weighted by Crippen LogP contribution is -3.28. The Balaban J connectivity index is 1.35. The van der Waals surface area contributed by atoms with Gasteiger partial charge in [-0.3, -0.25) is 4.79 Å². The van der Waals surface area contributed by atoms with Crippen LogP contribution >= 0.6 is 0 Å². The number of carbonyl (C=O) groups excluding carboxylic acids is 1. The number of piperazine rings is 1. The van der Waals surface area contributed by atoms with Gasteiger partial charge in [0.05, 0.1) is 0 Å². The van der Waals surface area contributed by atoms with Gasteiger partial charge in [0.15, 0.2) is 6.54 Å². The number of hydrogen-bond acceptors (Lipinski definition) is 1. The molecule has 1 fully saturated rings. The molecule has 1 saturated heterocycles. The molecule has 4 heteroatoms. The maximum Gasteiger partial charge on any atom is 0.275 e. The van der Waals surface area contributed by atoms with Gasteiger partial charge in [0.2, 0.25) is 0 Å². The van der Waals surface area contributed by atoms with Crippen molar-refractivity contribution in [1.82, 2.24) is 5.32 Å². The van der Waals surface area contributed by atoms with Crippen molar-refractivity contribution < 1.29 is 14.6 Å². The number of nitrogens with one attached hydrogen (secondary N) is 3. The summed E-state index contributed by atoms with van der Waals surface area (Å²) in [5.74, 6) is 0.181. The lowest BCUT2D eigenvalue weighted by Gasteiger charge is -2.29. The van der Waals surface area contributed by atoms with E-state index in [-0.39, 0.29) is 5.91 Å². The largest absolute Gasteiger partial charge is 0.351 e. The first kappa shape index (κ1) is 19.6. The van der Waals surface area contributed by atoms with Crippen LogP contribution in [0, 0.1) is 13.8 Å². The molecule has 2 aromatic carbocycles. The van der Waals surface area contributed by atoms with Crippen molar-refractivity contribution >= 4 is 5.91 Å². The molecule has 144 valence electrons. The smallest absolute Gasteiger partial charge is 0.275 e. The molecule has 0 aromatic heterocycles.